The Kier molecular flexibility index (Phi) is 9.08. The predicted octanol–water partition coefficient (Wildman–Crippen LogP) is 4.84. The summed E-state index contributed by atoms with van der Waals surface area (Å²) in [5.41, 5.74) is 4.66. The number of rotatable bonds is 12. The molecule has 0 radical (unpaired) electrons. The molecule has 7 nitrogen and oxygen atoms in total. The topological polar surface area (TPSA) is 105 Å². The molecule has 1 aliphatic rings. The summed E-state index contributed by atoms with van der Waals surface area (Å²) in [5.74, 6) is -1.14. The van der Waals surface area contributed by atoms with Crippen molar-refractivity contribution in [2.75, 3.05) is 6.61 Å². The van der Waals surface area contributed by atoms with Gasteiger partial charge in [-0.2, -0.15) is 0 Å². The number of amides is 2. The van der Waals surface area contributed by atoms with Crippen LogP contribution in [0.15, 0.2) is 48.5 Å². The summed E-state index contributed by atoms with van der Waals surface area (Å²) in [6, 6.07) is 15.8. The third kappa shape index (κ3) is 6.59. The minimum atomic E-state index is -0.929. The van der Waals surface area contributed by atoms with Crippen molar-refractivity contribution in [3.8, 4) is 11.1 Å². The quantitative estimate of drug-likeness (QED) is 0.415. The fourth-order valence-electron chi connectivity index (χ4n) is 4.57. The maximum Gasteiger partial charge on any atom is 0.407 e. The number of ether oxygens (including phenoxy) is 1. The molecule has 0 fully saturated rings. The molecule has 0 aromatic heterocycles. The van der Waals surface area contributed by atoms with Gasteiger partial charge in [0.05, 0.1) is 6.42 Å². The molecule has 3 N–H and O–H groups in total. The third-order valence-corrected chi connectivity index (χ3v) is 6.30. The van der Waals surface area contributed by atoms with Crippen LogP contribution in [-0.2, 0) is 14.3 Å². The molecule has 0 aliphatic heterocycles. The highest BCUT2D eigenvalue weighted by atomic mass is 16.5. The summed E-state index contributed by atoms with van der Waals surface area (Å²) in [5, 5.41) is 14.7. The molecule has 0 bridgehead atoms. The average Bonchev–Trinajstić information content (AvgIpc) is 3.14. The Labute approximate surface area is 200 Å². The first-order valence-electron chi connectivity index (χ1n) is 12.1. The van der Waals surface area contributed by atoms with Gasteiger partial charge in [-0.1, -0.05) is 68.8 Å². The number of hydrogen-bond acceptors (Lipinski definition) is 4. The summed E-state index contributed by atoms with van der Waals surface area (Å²) in [6.07, 6.45) is 2.15. The first-order valence-corrected chi connectivity index (χ1v) is 12.1. The van der Waals surface area contributed by atoms with Crippen LogP contribution in [0.4, 0.5) is 4.79 Å². The van der Waals surface area contributed by atoms with E-state index in [2.05, 4.69) is 34.9 Å². The molecule has 0 heterocycles. The van der Waals surface area contributed by atoms with Crippen LogP contribution in [0, 0.1) is 0 Å². The van der Waals surface area contributed by atoms with Gasteiger partial charge in [-0.15, -0.1) is 0 Å². The van der Waals surface area contributed by atoms with Crippen molar-refractivity contribution in [1.29, 1.82) is 0 Å². The maximum absolute atomic E-state index is 12.5. The van der Waals surface area contributed by atoms with Crippen LogP contribution in [0.1, 0.15) is 69.4 Å². The van der Waals surface area contributed by atoms with Gasteiger partial charge in [-0.05, 0) is 41.5 Å². The standard InChI is InChI=1S/C27H34N2O5/c1-3-9-19(16-26(31)32)28-25(30)15-14-18(4-2)29-27(33)34-17-24-22-12-7-5-10-20(22)21-11-6-8-13-23(21)24/h5-8,10-13,18-19,24H,3-4,9,14-17H2,1-2H3,(H,28,30)(H,29,33)(H,31,32)/t18?,19-/m1/s1. The number of benzene rings is 2. The number of carbonyl (C=O) groups excluding carboxylic acids is 2. The lowest BCUT2D eigenvalue weighted by molar-refractivity contribution is -0.137. The Bertz CT molecular complexity index is 961. The molecular formula is C27H34N2O5. The predicted molar refractivity (Wildman–Crippen MR) is 131 cm³/mol. The van der Waals surface area contributed by atoms with Crippen LogP contribution in [0.2, 0.25) is 0 Å². The van der Waals surface area contributed by atoms with E-state index >= 15 is 0 Å². The number of aliphatic carboxylic acids is 1. The lowest BCUT2D eigenvalue weighted by atomic mass is 9.98. The Hall–Kier alpha value is -3.35. The minimum Gasteiger partial charge on any atom is -0.481 e. The molecule has 182 valence electrons. The zero-order valence-corrected chi connectivity index (χ0v) is 19.9. The summed E-state index contributed by atoms with van der Waals surface area (Å²) in [6.45, 7) is 4.13. The zero-order valence-electron chi connectivity index (χ0n) is 19.9. The smallest absolute Gasteiger partial charge is 0.407 e. The molecule has 2 amide bonds. The van der Waals surface area contributed by atoms with Crippen molar-refractivity contribution in [1.82, 2.24) is 10.6 Å². The summed E-state index contributed by atoms with van der Waals surface area (Å²) in [7, 11) is 0. The molecule has 34 heavy (non-hydrogen) atoms. The van der Waals surface area contributed by atoms with Gasteiger partial charge in [0.25, 0.3) is 0 Å². The van der Waals surface area contributed by atoms with E-state index in [9.17, 15) is 14.4 Å². The molecule has 1 aliphatic carbocycles. The number of carbonyl (C=O) groups is 3. The van der Waals surface area contributed by atoms with E-state index in [-0.39, 0.29) is 43.4 Å². The first-order chi connectivity index (χ1) is 16.4. The largest absolute Gasteiger partial charge is 0.481 e. The summed E-state index contributed by atoms with van der Waals surface area (Å²) in [4.78, 5) is 35.8. The first kappa shape index (κ1) is 25.3. The molecule has 0 saturated heterocycles. The van der Waals surface area contributed by atoms with Crippen molar-refractivity contribution in [3.63, 3.8) is 0 Å². The maximum atomic E-state index is 12.5. The Balaban J connectivity index is 1.49. The number of carboxylic acids is 1. The van der Waals surface area contributed by atoms with Gasteiger partial charge in [0.2, 0.25) is 5.91 Å². The second-order valence-corrected chi connectivity index (χ2v) is 8.76. The van der Waals surface area contributed by atoms with Gasteiger partial charge in [-0.3, -0.25) is 9.59 Å². The lowest BCUT2D eigenvalue weighted by Crippen LogP contribution is -2.39. The highest BCUT2D eigenvalue weighted by molar-refractivity contribution is 5.79. The van der Waals surface area contributed by atoms with E-state index in [4.69, 9.17) is 9.84 Å². The molecular weight excluding hydrogens is 432 g/mol. The van der Waals surface area contributed by atoms with E-state index in [0.717, 1.165) is 17.5 Å². The van der Waals surface area contributed by atoms with Crippen molar-refractivity contribution < 1.29 is 24.2 Å². The molecule has 0 saturated carbocycles. The van der Waals surface area contributed by atoms with Gasteiger partial charge in [0.15, 0.2) is 0 Å². The van der Waals surface area contributed by atoms with Crippen molar-refractivity contribution in [2.24, 2.45) is 0 Å². The van der Waals surface area contributed by atoms with Gasteiger partial charge < -0.3 is 20.5 Å². The molecule has 2 aromatic rings. The second-order valence-electron chi connectivity index (χ2n) is 8.76. The highest BCUT2D eigenvalue weighted by Gasteiger charge is 2.29. The van der Waals surface area contributed by atoms with Crippen molar-refractivity contribution >= 4 is 18.0 Å². The number of carboxylic acid groups (broad SMARTS) is 1. The number of nitrogens with one attached hydrogen (secondary N) is 2. The Morgan fingerprint density at radius 3 is 2.09 bits per heavy atom. The number of fused-ring (bicyclic) bond motifs is 3. The number of alkyl carbamates (subject to hydrolysis) is 1. The van der Waals surface area contributed by atoms with Crippen LogP contribution < -0.4 is 10.6 Å². The fraction of sp³-hybridized carbons (Fsp3) is 0.444. The van der Waals surface area contributed by atoms with Gasteiger partial charge in [0, 0.05) is 24.4 Å². The normalized spacial score (nSPS) is 13.9. The van der Waals surface area contributed by atoms with Crippen molar-refractivity contribution in [2.45, 2.75) is 70.4 Å². The third-order valence-electron chi connectivity index (χ3n) is 6.30. The monoisotopic (exact) mass is 466 g/mol. The summed E-state index contributed by atoms with van der Waals surface area (Å²) < 4.78 is 5.60. The SMILES string of the molecule is CCC[C@H](CC(=O)O)NC(=O)CCC(CC)NC(=O)OCC1c2ccccc2-c2ccccc21. The van der Waals surface area contributed by atoms with Gasteiger partial charge in [-0.25, -0.2) is 4.79 Å². The molecule has 7 heteroatoms. The van der Waals surface area contributed by atoms with Crippen LogP contribution >= 0.6 is 0 Å². The van der Waals surface area contributed by atoms with Gasteiger partial charge >= 0.3 is 12.1 Å². The van der Waals surface area contributed by atoms with E-state index in [0.29, 0.717) is 19.3 Å². The average molecular weight is 467 g/mol. The van der Waals surface area contributed by atoms with E-state index in [1.165, 1.54) is 11.1 Å². The van der Waals surface area contributed by atoms with E-state index in [1.807, 2.05) is 38.1 Å². The van der Waals surface area contributed by atoms with Crippen LogP contribution in [0.3, 0.4) is 0 Å². The molecule has 2 aromatic carbocycles. The zero-order chi connectivity index (χ0) is 24.5. The molecule has 0 spiro atoms. The molecule has 3 rings (SSSR count). The van der Waals surface area contributed by atoms with E-state index in [1.54, 1.807) is 0 Å². The van der Waals surface area contributed by atoms with Gasteiger partial charge in [0.1, 0.15) is 6.61 Å². The van der Waals surface area contributed by atoms with Crippen molar-refractivity contribution in [3.05, 3.63) is 59.7 Å². The van der Waals surface area contributed by atoms with Crippen LogP contribution in [0.25, 0.3) is 11.1 Å². The van der Waals surface area contributed by atoms with Crippen LogP contribution in [0.5, 0.6) is 0 Å². The number of hydrogen-bond donors (Lipinski definition) is 3. The fourth-order valence-corrected chi connectivity index (χ4v) is 4.57. The van der Waals surface area contributed by atoms with E-state index < -0.39 is 12.1 Å². The Morgan fingerprint density at radius 2 is 1.53 bits per heavy atom. The molecule has 1 unspecified atom stereocenters. The molecule has 2 atom stereocenters. The lowest BCUT2D eigenvalue weighted by Gasteiger charge is -2.20. The van der Waals surface area contributed by atoms with Crippen LogP contribution in [-0.4, -0.2) is 41.8 Å². The Morgan fingerprint density at radius 1 is 0.912 bits per heavy atom. The summed E-state index contributed by atoms with van der Waals surface area (Å²) >= 11 is 0. The highest BCUT2D eigenvalue weighted by Crippen LogP contribution is 2.44. The minimum absolute atomic E-state index is 0.00580. The second kappa shape index (κ2) is 12.2.